The van der Waals surface area contributed by atoms with Crippen molar-refractivity contribution in [3.63, 3.8) is 0 Å². The Morgan fingerprint density at radius 3 is 2.44 bits per heavy atom. The quantitative estimate of drug-likeness (QED) is 0.666. The number of anilines is 1. The van der Waals surface area contributed by atoms with Crippen LogP contribution in [0, 0.1) is 11.3 Å². The fraction of sp³-hybridized carbons (Fsp3) is 0.720. The molecule has 180 valence electrons. The minimum absolute atomic E-state index is 0.0397. The van der Waals surface area contributed by atoms with Crippen molar-refractivity contribution in [3.8, 4) is 0 Å². The van der Waals surface area contributed by atoms with Crippen LogP contribution in [-0.4, -0.2) is 62.0 Å². The van der Waals surface area contributed by atoms with E-state index < -0.39 is 15.4 Å². The molecule has 0 aromatic heterocycles. The number of nitrogens with zero attached hydrogens (tertiary/aromatic N) is 2. The topological polar surface area (TPSA) is 69.7 Å². The van der Waals surface area contributed by atoms with E-state index >= 15 is 0 Å². The molecule has 1 aliphatic carbocycles. The number of hydrogen-bond acceptors (Lipinski definition) is 4. The second kappa shape index (κ2) is 10.2. The standard InChI is InChI=1S/C25H41N3O3S/c1-6-13-27(18-19-11-14-28(15-12-19)32(5,30)31)23-10-8-20-7-9-22(16-21(20)17-23)26-24(29)25(2,3)4/h7,9,16,19,23H,6,8,10-15,17-18H2,1-5H3,(H,26,29). The highest BCUT2D eigenvalue weighted by atomic mass is 32.2. The molecule has 6 nitrogen and oxygen atoms in total. The van der Waals surface area contributed by atoms with E-state index in [9.17, 15) is 13.2 Å². The molecule has 1 fully saturated rings. The third-order valence-electron chi connectivity index (χ3n) is 6.91. The molecule has 1 N–H and O–H groups in total. The van der Waals surface area contributed by atoms with E-state index in [1.807, 2.05) is 26.8 Å². The number of aryl methyl sites for hydroxylation is 1. The Labute approximate surface area is 194 Å². The van der Waals surface area contributed by atoms with Crippen LogP contribution in [0.3, 0.4) is 0 Å². The number of hydrogen-bond donors (Lipinski definition) is 1. The predicted molar refractivity (Wildman–Crippen MR) is 131 cm³/mol. The second-order valence-corrected chi connectivity index (χ2v) is 12.7. The summed E-state index contributed by atoms with van der Waals surface area (Å²) in [4.78, 5) is 15.0. The summed E-state index contributed by atoms with van der Waals surface area (Å²) in [6.07, 6.45) is 7.56. The van der Waals surface area contributed by atoms with E-state index in [4.69, 9.17) is 0 Å². The molecule has 7 heteroatoms. The maximum atomic E-state index is 12.4. The zero-order valence-corrected chi connectivity index (χ0v) is 21.3. The van der Waals surface area contributed by atoms with Gasteiger partial charge in [-0.1, -0.05) is 33.8 Å². The SMILES string of the molecule is CCCN(CC1CCN(S(C)(=O)=O)CC1)C1CCc2ccc(NC(=O)C(C)(C)C)cc2C1. The van der Waals surface area contributed by atoms with Gasteiger partial charge < -0.3 is 5.32 Å². The smallest absolute Gasteiger partial charge is 0.229 e. The summed E-state index contributed by atoms with van der Waals surface area (Å²) in [6, 6.07) is 6.88. The lowest BCUT2D eigenvalue weighted by Gasteiger charge is -2.39. The summed E-state index contributed by atoms with van der Waals surface area (Å²) in [5.41, 5.74) is 3.22. The number of benzene rings is 1. The van der Waals surface area contributed by atoms with E-state index in [0.717, 1.165) is 57.3 Å². The van der Waals surface area contributed by atoms with Crippen molar-refractivity contribution in [2.45, 2.75) is 72.3 Å². The number of nitrogens with one attached hydrogen (secondary N) is 1. The van der Waals surface area contributed by atoms with Gasteiger partial charge in [-0.2, -0.15) is 0 Å². The first kappa shape index (κ1) is 25.2. The highest BCUT2D eigenvalue weighted by molar-refractivity contribution is 7.88. The van der Waals surface area contributed by atoms with Crippen LogP contribution in [0.2, 0.25) is 0 Å². The Balaban J connectivity index is 1.65. The van der Waals surface area contributed by atoms with E-state index in [1.165, 1.54) is 17.4 Å². The predicted octanol–water partition coefficient (Wildman–Crippen LogP) is 3.91. The van der Waals surface area contributed by atoms with Gasteiger partial charge in [-0.05, 0) is 74.2 Å². The van der Waals surface area contributed by atoms with E-state index in [2.05, 4.69) is 29.3 Å². The normalized spacial score (nSPS) is 20.9. The third kappa shape index (κ3) is 6.55. The van der Waals surface area contributed by atoms with Gasteiger partial charge in [0.1, 0.15) is 0 Å². The summed E-state index contributed by atoms with van der Waals surface area (Å²) in [6.45, 7) is 11.4. The molecule has 1 atom stereocenters. The molecule has 1 aliphatic heterocycles. The van der Waals surface area contributed by atoms with E-state index in [-0.39, 0.29) is 5.91 Å². The second-order valence-electron chi connectivity index (χ2n) is 10.7. The van der Waals surface area contributed by atoms with Crippen molar-refractivity contribution in [2.24, 2.45) is 11.3 Å². The number of carbonyl (C=O) groups excluding carboxylic acids is 1. The summed E-state index contributed by atoms with van der Waals surface area (Å²) in [7, 11) is -3.07. The average molecular weight is 464 g/mol. The lowest BCUT2D eigenvalue weighted by atomic mass is 9.86. The molecule has 3 rings (SSSR count). The Morgan fingerprint density at radius 1 is 1.16 bits per heavy atom. The first-order valence-electron chi connectivity index (χ1n) is 12.1. The van der Waals surface area contributed by atoms with Gasteiger partial charge in [-0.3, -0.25) is 9.69 Å². The minimum atomic E-state index is -3.07. The summed E-state index contributed by atoms with van der Waals surface area (Å²) in [5.74, 6) is 0.594. The first-order chi connectivity index (χ1) is 15.0. The fourth-order valence-corrected chi connectivity index (χ4v) is 5.79. The monoisotopic (exact) mass is 463 g/mol. The third-order valence-corrected chi connectivity index (χ3v) is 8.21. The van der Waals surface area contributed by atoms with Crippen LogP contribution < -0.4 is 5.32 Å². The van der Waals surface area contributed by atoms with Crippen LogP contribution in [0.25, 0.3) is 0 Å². The van der Waals surface area contributed by atoms with Crippen molar-refractivity contribution in [3.05, 3.63) is 29.3 Å². The number of fused-ring (bicyclic) bond motifs is 1. The van der Waals surface area contributed by atoms with Gasteiger partial charge in [-0.15, -0.1) is 0 Å². The van der Waals surface area contributed by atoms with Crippen LogP contribution in [0.4, 0.5) is 5.69 Å². The van der Waals surface area contributed by atoms with Crippen LogP contribution in [0.5, 0.6) is 0 Å². The van der Waals surface area contributed by atoms with Crippen molar-refractivity contribution < 1.29 is 13.2 Å². The number of rotatable bonds is 7. The highest BCUT2D eigenvalue weighted by Crippen LogP contribution is 2.30. The van der Waals surface area contributed by atoms with Crippen molar-refractivity contribution in [1.82, 2.24) is 9.21 Å². The molecule has 1 aromatic rings. The maximum absolute atomic E-state index is 12.4. The van der Waals surface area contributed by atoms with Gasteiger partial charge in [0.25, 0.3) is 0 Å². The van der Waals surface area contributed by atoms with Crippen LogP contribution >= 0.6 is 0 Å². The van der Waals surface area contributed by atoms with E-state index in [0.29, 0.717) is 25.0 Å². The van der Waals surface area contributed by atoms with Crippen LogP contribution in [0.1, 0.15) is 64.5 Å². The molecule has 0 bridgehead atoms. The van der Waals surface area contributed by atoms with E-state index in [1.54, 1.807) is 4.31 Å². The maximum Gasteiger partial charge on any atom is 0.229 e. The van der Waals surface area contributed by atoms with Gasteiger partial charge >= 0.3 is 0 Å². The van der Waals surface area contributed by atoms with Gasteiger partial charge in [-0.25, -0.2) is 12.7 Å². The molecule has 0 radical (unpaired) electrons. The number of carbonyl (C=O) groups is 1. The highest BCUT2D eigenvalue weighted by Gasteiger charge is 2.30. The Morgan fingerprint density at radius 2 is 1.84 bits per heavy atom. The average Bonchev–Trinajstić information content (AvgIpc) is 2.72. The Hall–Kier alpha value is -1.44. The largest absolute Gasteiger partial charge is 0.326 e. The van der Waals surface area contributed by atoms with Gasteiger partial charge in [0.15, 0.2) is 0 Å². The Bertz CT molecular complexity index is 899. The fourth-order valence-electron chi connectivity index (χ4n) is 4.91. The summed E-state index contributed by atoms with van der Waals surface area (Å²) in [5, 5.41) is 3.08. The number of sulfonamides is 1. The molecule has 0 spiro atoms. The van der Waals surface area contributed by atoms with Crippen LogP contribution in [-0.2, 0) is 27.7 Å². The van der Waals surface area contributed by atoms with Gasteiger partial charge in [0, 0.05) is 36.8 Å². The molecule has 1 saturated heterocycles. The lowest BCUT2D eigenvalue weighted by molar-refractivity contribution is -0.123. The zero-order valence-electron chi connectivity index (χ0n) is 20.5. The molecule has 1 heterocycles. The van der Waals surface area contributed by atoms with Gasteiger partial charge in [0.05, 0.1) is 6.26 Å². The van der Waals surface area contributed by atoms with Crippen molar-refractivity contribution in [1.29, 1.82) is 0 Å². The van der Waals surface area contributed by atoms with Crippen molar-refractivity contribution >= 4 is 21.6 Å². The number of amides is 1. The molecular formula is C25H41N3O3S. The Kier molecular flexibility index (Phi) is 8.05. The summed E-state index contributed by atoms with van der Waals surface area (Å²) >= 11 is 0. The first-order valence-corrected chi connectivity index (χ1v) is 13.9. The zero-order chi connectivity index (χ0) is 23.5. The molecule has 1 unspecified atom stereocenters. The molecule has 32 heavy (non-hydrogen) atoms. The van der Waals surface area contributed by atoms with Gasteiger partial charge in [0.2, 0.25) is 15.9 Å². The lowest BCUT2D eigenvalue weighted by Crippen LogP contribution is -2.45. The molecular weight excluding hydrogens is 422 g/mol. The molecule has 1 aromatic carbocycles. The minimum Gasteiger partial charge on any atom is -0.326 e. The van der Waals surface area contributed by atoms with Crippen LogP contribution in [0.15, 0.2) is 18.2 Å². The molecule has 0 saturated carbocycles. The summed E-state index contributed by atoms with van der Waals surface area (Å²) < 4.78 is 25.3. The van der Waals surface area contributed by atoms with Crippen molar-refractivity contribution in [2.75, 3.05) is 37.8 Å². The number of piperidine rings is 1. The molecule has 1 amide bonds. The molecule has 2 aliphatic rings.